The lowest BCUT2D eigenvalue weighted by Crippen LogP contribution is -2.49. The minimum atomic E-state index is -0.524. The Balaban J connectivity index is 2.11. The van der Waals surface area contributed by atoms with E-state index in [4.69, 9.17) is 0 Å². The molecule has 2 amide bonds. The lowest BCUT2D eigenvalue weighted by molar-refractivity contribution is -0.140. The average Bonchev–Trinajstić information content (AvgIpc) is 2.70. The molecular weight excluding hydrogens is 372 g/mol. The van der Waals surface area contributed by atoms with Crippen molar-refractivity contribution in [2.24, 2.45) is 0 Å². The number of hydrogen-bond donors (Lipinski definition) is 1. The second-order valence-corrected chi connectivity index (χ2v) is 8.74. The van der Waals surface area contributed by atoms with Gasteiger partial charge in [-0.2, -0.15) is 0 Å². The highest BCUT2D eigenvalue weighted by molar-refractivity contribution is 5.87. The molecule has 0 aliphatic carbocycles. The van der Waals surface area contributed by atoms with Crippen molar-refractivity contribution in [1.82, 2.24) is 10.2 Å². The largest absolute Gasteiger partial charge is 0.352 e. The van der Waals surface area contributed by atoms with Gasteiger partial charge in [0.25, 0.3) is 0 Å². The molecule has 0 saturated heterocycles. The second-order valence-electron chi connectivity index (χ2n) is 8.74. The van der Waals surface area contributed by atoms with Crippen molar-refractivity contribution in [3.8, 4) is 0 Å². The standard InChI is InChI=1S/C26H36N2O2/c1-18(2)24-14-11-22(12-15-24)13-16-25(29)28(21(6)26(30)27-19(3)4)17-23-9-7-20(5)8-10-23/h7-12,14-15,18-19,21H,13,16-17H2,1-6H3,(H,27,30)/t21-/m0/s1. The minimum Gasteiger partial charge on any atom is -0.352 e. The Kier molecular flexibility index (Phi) is 8.64. The lowest BCUT2D eigenvalue weighted by atomic mass is 10.00. The smallest absolute Gasteiger partial charge is 0.242 e. The van der Waals surface area contributed by atoms with Crippen LogP contribution in [0.2, 0.25) is 0 Å². The number of carbonyl (C=O) groups excluding carboxylic acids is 2. The molecule has 30 heavy (non-hydrogen) atoms. The fourth-order valence-electron chi connectivity index (χ4n) is 3.34. The van der Waals surface area contributed by atoms with Crippen LogP contribution < -0.4 is 5.32 Å². The van der Waals surface area contributed by atoms with Crippen molar-refractivity contribution in [2.75, 3.05) is 0 Å². The number of aryl methyl sites for hydroxylation is 2. The van der Waals surface area contributed by atoms with Crippen LogP contribution in [0.5, 0.6) is 0 Å². The molecular formula is C26H36N2O2. The van der Waals surface area contributed by atoms with E-state index in [1.807, 2.05) is 45.0 Å². The molecule has 2 aromatic carbocycles. The molecule has 1 atom stereocenters. The molecule has 1 N–H and O–H groups in total. The lowest BCUT2D eigenvalue weighted by Gasteiger charge is -2.29. The van der Waals surface area contributed by atoms with Crippen LogP contribution in [0.1, 0.15) is 69.2 Å². The van der Waals surface area contributed by atoms with Gasteiger partial charge in [0.2, 0.25) is 11.8 Å². The first-order valence-electron chi connectivity index (χ1n) is 10.9. The molecule has 0 radical (unpaired) electrons. The van der Waals surface area contributed by atoms with Crippen LogP contribution in [0.25, 0.3) is 0 Å². The van der Waals surface area contributed by atoms with Crippen LogP contribution in [-0.4, -0.2) is 28.8 Å². The monoisotopic (exact) mass is 408 g/mol. The van der Waals surface area contributed by atoms with Crippen molar-refractivity contribution in [3.05, 3.63) is 70.8 Å². The first kappa shape index (κ1) is 23.7. The van der Waals surface area contributed by atoms with Gasteiger partial charge in [-0.25, -0.2) is 0 Å². The normalized spacial score (nSPS) is 12.1. The van der Waals surface area contributed by atoms with E-state index in [0.717, 1.165) is 11.1 Å². The van der Waals surface area contributed by atoms with Gasteiger partial charge in [-0.15, -0.1) is 0 Å². The number of nitrogens with one attached hydrogen (secondary N) is 1. The van der Waals surface area contributed by atoms with Crippen molar-refractivity contribution in [2.45, 2.75) is 78.9 Å². The third-order valence-electron chi connectivity index (χ3n) is 5.35. The summed E-state index contributed by atoms with van der Waals surface area (Å²) in [5, 5.41) is 2.93. The molecule has 0 bridgehead atoms. The Morgan fingerprint density at radius 3 is 1.97 bits per heavy atom. The van der Waals surface area contributed by atoms with Gasteiger partial charge in [0, 0.05) is 19.0 Å². The van der Waals surface area contributed by atoms with Gasteiger partial charge < -0.3 is 10.2 Å². The molecule has 0 aliphatic rings. The summed E-state index contributed by atoms with van der Waals surface area (Å²) in [6.07, 6.45) is 1.05. The Bertz CT molecular complexity index is 823. The molecule has 2 aromatic rings. The fraction of sp³-hybridized carbons (Fsp3) is 0.462. The van der Waals surface area contributed by atoms with E-state index in [9.17, 15) is 9.59 Å². The maximum atomic E-state index is 13.1. The summed E-state index contributed by atoms with van der Waals surface area (Å²) in [7, 11) is 0. The van der Waals surface area contributed by atoms with E-state index >= 15 is 0 Å². The van der Waals surface area contributed by atoms with Gasteiger partial charge in [-0.3, -0.25) is 9.59 Å². The van der Waals surface area contributed by atoms with Crippen molar-refractivity contribution in [1.29, 1.82) is 0 Å². The molecule has 2 rings (SSSR count). The van der Waals surface area contributed by atoms with Crippen LogP contribution in [0.3, 0.4) is 0 Å². The fourth-order valence-corrected chi connectivity index (χ4v) is 3.34. The van der Waals surface area contributed by atoms with Crippen LogP contribution in [0.4, 0.5) is 0 Å². The maximum Gasteiger partial charge on any atom is 0.242 e. The highest BCUT2D eigenvalue weighted by Crippen LogP contribution is 2.17. The number of amides is 2. The highest BCUT2D eigenvalue weighted by Gasteiger charge is 2.26. The number of benzene rings is 2. The van der Waals surface area contributed by atoms with Crippen LogP contribution in [-0.2, 0) is 22.6 Å². The van der Waals surface area contributed by atoms with Crippen molar-refractivity contribution >= 4 is 11.8 Å². The van der Waals surface area contributed by atoms with E-state index < -0.39 is 6.04 Å². The zero-order valence-electron chi connectivity index (χ0n) is 19.2. The summed E-state index contributed by atoms with van der Waals surface area (Å²) in [6, 6.07) is 16.1. The Morgan fingerprint density at radius 1 is 0.867 bits per heavy atom. The van der Waals surface area contributed by atoms with Gasteiger partial charge in [-0.05, 0) is 56.7 Å². The first-order valence-corrected chi connectivity index (χ1v) is 10.9. The summed E-state index contributed by atoms with van der Waals surface area (Å²) in [5.74, 6) is 0.368. The molecule has 0 aliphatic heterocycles. The first-order chi connectivity index (χ1) is 14.2. The molecule has 4 nitrogen and oxygen atoms in total. The van der Waals surface area contributed by atoms with Crippen LogP contribution in [0, 0.1) is 6.92 Å². The van der Waals surface area contributed by atoms with E-state index in [2.05, 4.69) is 43.4 Å². The zero-order valence-corrected chi connectivity index (χ0v) is 19.2. The molecule has 0 unspecified atom stereocenters. The predicted octanol–water partition coefficient (Wildman–Crippen LogP) is 4.99. The summed E-state index contributed by atoms with van der Waals surface area (Å²) < 4.78 is 0. The highest BCUT2D eigenvalue weighted by atomic mass is 16.2. The Morgan fingerprint density at radius 2 is 1.43 bits per heavy atom. The van der Waals surface area contributed by atoms with Crippen molar-refractivity contribution < 1.29 is 9.59 Å². The third-order valence-corrected chi connectivity index (χ3v) is 5.35. The van der Waals surface area contributed by atoms with E-state index in [1.165, 1.54) is 11.1 Å². The molecule has 0 aromatic heterocycles. The quantitative estimate of drug-likeness (QED) is 0.635. The summed E-state index contributed by atoms with van der Waals surface area (Å²) in [5.41, 5.74) is 4.64. The van der Waals surface area contributed by atoms with Crippen LogP contribution in [0.15, 0.2) is 48.5 Å². The molecule has 0 spiro atoms. The third kappa shape index (κ3) is 7.01. The van der Waals surface area contributed by atoms with E-state index in [-0.39, 0.29) is 17.9 Å². The number of rotatable bonds is 9. The van der Waals surface area contributed by atoms with Crippen LogP contribution >= 0.6 is 0 Å². The Hall–Kier alpha value is -2.62. The van der Waals surface area contributed by atoms with E-state index in [0.29, 0.717) is 25.3 Å². The Labute approximate surface area is 181 Å². The minimum absolute atomic E-state index is 0.00471. The average molecular weight is 409 g/mol. The molecule has 4 heteroatoms. The van der Waals surface area contributed by atoms with Gasteiger partial charge in [0.1, 0.15) is 6.04 Å². The van der Waals surface area contributed by atoms with Crippen molar-refractivity contribution in [3.63, 3.8) is 0 Å². The molecule has 0 fully saturated rings. The van der Waals surface area contributed by atoms with Gasteiger partial charge >= 0.3 is 0 Å². The topological polar surface area (TPSA) is 49.4 Å². The summed E-state index contributed by atoms with van der Waals surface area (Å²) >= 11 is 0. The molecule has 162 valence electrons. The molecule has 0 heterocycles. The number of nitrogens with zero attached hydrogens (tertiary/aromatic N) is 1. The number of carbonyl (C=O) groups is 2. The van der Waals surface area contributed by atoms with E-state index in [1.54, 1.807) is 11.8 Å². The predicted molar refractivity (Wildman–Crippen MR) is 123 cm³/mol. The summed E-state index contributed by atoms with van der Waals surface area (Å²) in [6.45, 7) is 12.5. The SMILES string of the molecule is Cc1ccc(CN(C(=O)CCc2ccc(C(C)C)cc2)[C@@H](C)C(=O)NC(C)C)cc1. The van der Waals surface area contributed by atoms with Gasteiger partial charge in [0.05, 0.1) is 0 Å². The number of hydrogen-bond acceptors (Lipinski definition) is 2. The van der Waals surface area contributed by atoms with Gasteiger partial charge in [0.15, 0.2) is 0 Å². The van der Waals surface area contributed by atoms with Gasteiger partial charge in [-0.1, -0.05) is 67.9 Å². The summed E-state index contributed by atoms with van der Waals surface area (Å²) in [4.78, 5) is 27.5. The molecule has 0 saturated carbocycles. The second kappa shape index (κ2) is 11.0. The zero-order chi connectivity index (χ0) is 22.3. The maximum absolute atomic E-state index is 13.1.